The predicted molar refractivity (Wildman–Crippen MR) is 48.8 cm³/mol. The van der Waals surface area contributed by atoms with Crippen molar-refractivity contribution in [2.45, 2.75) is 26.3 Å². The first kappa shape index (κ1) is 16.5. The molecule has 76 valence electrons. The van der Waals surface area contributed by atoms with Crippen molar-refractivity contribution in [1.82, 2.24) is 0 Å². The standard InChI is InChI=1S/C7H13NO4S.Na/c1-4-5(2)8-7(9)6(3)13(10,11)12;/h5H,3-4H2,1-2H3,(H2,8,9,10,11,12);/q;+1/p-1. The molecule has 5 nitrogen and oxygen atoms in total. The van der Waals surface area contributed by atoms with Crippen molar-refractivity contribution in [2.24, 2.45) is 0 Å². The number of carbonyl (C=O) groups excluding carboxylic acids is 1. The van der Waals surface area contributed by atoms with Crippen LogP contribution >= 0.6 is 0 Å². The van der Waals surface area contributed by atoms with E-state index in [1.165, 1.54) is 0 Å². The van der Waals surface area contributed by atoms with Gasteiger partial charge in [0, 0.05) is 0 Å². The fourth-order valence-electron chi connectivity index (χ4n) is 0.474. The van der Waals surface area contributed by atoms with Gasteiger partial charge in [-0.05, 0) is 0 Å². The van der Waals surface area contributed by atoms with E-state index in [4.69, 9.17) is 4.55 Å². The largest absolute Gasteiger partial charge is 1.00 e. The fourth-order valence-corrected chi connectivity index (χ4v) is 0.747. The van der Waals surface area contributed by atoms with Gasteiger partial charge in [-0.1, -0.05) is 26.8 Å². The Hall–Kier alpha value is 0.120. The van der Waals surface area contributed by atoms with Crippen LogP contribution in [0.1, 0.15) is 20.3 Å². The molecule has 0 bridgehead atoms. The number of hydrogen-bond donors (Lipinski definition) is 1. The maximum absolute atomic E-state index is 11.0. The smallest absolute Gasteiger partial charge is 0.646 e. The third-order valence-corrected chi connectivity index (χ3v) is 2.28. The first-order valence-corrected chi connectivity index (χ1v) is 5.14. The quantitative estimate of drug-likeness (QED) is 0.346. The van der Waals surface area contributed by atoms with E-state index in [0.29, 0.717) is 6.42 Å². The van der Waals surface area contributed by atoms with Crippen LogP contribution in [0.5, 0.6) is 0 Å². The van der Waals surface area contributed by atoms with Crippen LogP contribution in [-0.2, 0) is 14.9 Å². The van der Waals surface area contributed by atoms with Crippen molar-refractivity contribution in [3.8, 4) is 0 Å². The monoisotopic (exact) mass is 229 g/mol. The molecule has 0 aliphatic rings. The van der Waals surface area contributed by atoms with Gasteiger partial charge >= 0.3 is 29.6 Å². The molecule has 1 unspecified atom stereocenters. The minimum Gasteiger partial charge on any atom is -0.646 e. The number of nitrogens with zero attached hydrogens (tertiary/aromatic N) is 1. The summed E-state index contributed by atoms with van der Waals surface area (Å²) in [6, 6.07) is -0.272. The van der Waals surface area contributed by atoms with Crippen LogP contribution in [0, 0.1) is 0 Å². The Kier molecular flexibility index (Phi) is 7.77. The SMILES string of the molecule is C=C(C(=O)[N-]C(C)CC)S(=O)(=O)O.[Na+]. The van der Waals surface area contributed by atoms with Gasteiger partial charge in [0.15, 0.2) is 0 Å². The molecule has 0 heterocycles. The molecule has 14 heavy (non-hydrogen) atoms. The summed E-state index contributed by atoms with van der Waals surface area (Å²) in [5.41, 5.74) is 0. The predicted octanol–water partition coefficient (Wildman–Crippen LogP) is -1.91. The molecule has 0 aromatic heterocycles. The third-order valence-electron chi connectivity index (χ3n) is 1.48. The molecule has 0 radical (unpaired) electrons. The van der Waals surface area contributed by atoms with E-state index >= 15 is 0 Å². The van der Waals surface area contributed by atoms with Gasteiger partial charge in [0.25, 0.3) is 10.1 Å². The summed E-state index contributed by atoms with van der Waals surface area (Å²) in [7, 11) is -4.49. The maximum Gasteiger partial charge on any atom is 1.00 e. The average molecular weight is 229 g/mol. The minimum atomic E-state index is -4.49. The van der Waals surface area contributed by atoms with Gasteiger partial charge < -0.3 is 10.1 Å². The molecular formula is C7H12NNaO4S. The molecule has 1 N–H and O–H groups in total. The van der Waals surface area contributed by atoms with Crippen LogP contribution in [0.25, 0.3) is 5.32 Å². The number of carbonyl (C=O) groups is 1. The molecule has 7 heteroatoms. The van der Waals surface area contributed by atoms with Crippen molar-refractivity contribution >= 4 is 16.0 Å². The summed E-state index contributed by atoms with van der Waals surface area (Å²) < 4.78 is 29.3. The summed E-state index contributed by atoms with van der Waals surface area (Å²) in [6.45, 7) is 6.40. The average Bonchev–Trinajstić information content (AvgIpc) is 2.01. The van der Waals surface area contributed by atoms with Gasteiger partial charge in [-0.3, -0.25) is 4.55 Å². The first-order chi connectivity index (χ1) is 5.79. The molecule has 0 fully saturated rings. The van der Waals surface area contributed by atoms with Crippen molar-refractivity contribution < 1.29 is 47.3 Å². The van der Waals surface area contributed by atoms with E-state index in [1.54, 1.807) is 13.8 Å². The Morgan fingerprint density at radius 1 is 1.57 bits per heavy atom. The molecule has 0 saturated heterocycles. The van der Waals surface area contributed by atoms with E-state index in [0.717, 1.165) is 0 Å². The molecule has 0 aliphatic carbocycles. The Morgan fingerprint density at radius 3 is 2.29 bits per heavy atom. The van der Waals surface area contributed by atoms with Crippen molar-refractivity contribution in [1.29, 1.82) is 0 Å². The Labute approximate surface area is 106 Å². The van der Waals surface area contributed by atoms with Crippen LogP contribution in [0.4, 0.5) is 0 Å². The zero-order chi connectivity index (χ0) is 10.6. The van der Waals surface area contributed by atoms with Crippen LogP contribution in [0.15, 0.2) is 11.5 Å². The van der Waals surface area contributed by atoms with Gasteiger partial charge in [0.2, 0.25) is 0 Å². The molecule has 0 spiro atoms. The second-order valence-corrected chi connectivity index (χ2v) is 4.03. The van der Waals surface area contributed by atoms with Crippen molar-refractivity contribution in [3.05, 3.63) is 16.8 Å². The van der Waals surface area contributed by atoms with Crippen molar-refractivity contribution in [2.75, 3.05) is 0 Å². The topological polar surface area (TPSA) is 85.5 Å². The van der Waals surface area contributed by atoms with Gasteiger partial charge in [-0.25, -0.2) is 0 Å². The van der Waals surface area contributed by atoms with Gasteiger partial charge in [0.05, 0.1) is 5.91 Å². The van der Waals surface area contributed by atoms with E-state index in [-0.39, 0.29) is 35.6 Å². The maximum atomic E-state index is 11.0. The molecule has 0 saturated carbocycles. The molecule has 0 rings (SSSR count). The van der Waals surface area contributed by atoms with Crippen molar-refractivity contribution in [3.63, 3.8) is 0 Å². The van der Waals surface area contributed by atoms with Crippen LogP contribution in [0.2, 0.25) is 0 Å². The first-order valence-electron chi connectivity index (χ1n) is 3.70. The normalized spacial score (nSPS) is 12.5. The number of amides is 1. The Morgan fingerprint density at radius 2 is 2.00 bits per heavy atom. The zero-order valence-corrected chi connectivity index (χ0v) is 11.3. The molecule has 0 aromatic rings. The Balaban J connectivity index is 0. The van der Waals surface area contributed by atoms with Crippen LogP contribution in [0.3, 0.4) is 0 Å². The molecular weight excluding hydrogens is 217 g/mol. The summed E-state index contributed by atoms with van der Waals surface area (Å²) >= 11 is 0. The Bertz CT molecular complexity index is 312. The summed E-state index contributed by atoms with van der Waals surface area (Å²) in [4.78, 5) is 10.1. The molecule has 0 aliphatic heterocycles. The van der Waals surface area contributed by atoms with Gasteiger partial charge in [0.1, 0.15) is 4.91 Å². The summed E-state index contributed by atoms with van der Waals surface area (Å²) in [5, 5.41) is 3.48. The third kappa shape index (κ3) is 5.77. The second kappa shape index (κ2) is 6.58. The van der Waals surface area contributed by atoms with Gasteiger partial charge in [-0.15, -0.1) is 6.04 Å². The molecule has 0 aromatic carbocycles. The van der Waals surface area contributed by atoms with Crippen LogP contribution < -0.4 is 29.6 Å². The molecule has 1 amide bonds. The van der Waals surface area contributed by atoms with E-state index in [2.05, 4.69) is 11.9 Å². The minimum absolute atomic E-state index is 0. The fraction of sp³-hybridized carbons (Fsp3) is 0.571. The van der Waals surface area contributed by atoms with E-state index < -0.39 is 20.9 Å². The van der Waals surface area contributed by atoms with E-state index in [1.807, 2.05) is 0 Å². The number of hydrogen-bond acceptors (Lipinski definition) is 3. The summed E-state index contributed by atoms with van der Waals surface area (Å²) in [6.07, 6.45) is 0.616. The van der Waals surface area contributed by atoms with Crippen LogP contribution in [-0.4, -0.2) is 24.9 Å². The van der Waals surface area contributed by atoms with Gasteiger partial charge in [-0.2, -0.15) is 8.42 Å². The number of rotatable bonds is 4. The molecule has 1 atom stereocenters. The van der Waals surface area contributed by atoms with E-state index in [9.17, 15) is 13.2 Å². The zero-order valence-electron chi connectivity index (χ0n) is 8.52. The summed E-state index contributed by atoms with van der Waals surface area (Å²) in [5.74, 6) is -0.989. The second-order valence-electron chi connectivity index (χ2n) is 2.59.